The molecule has 0 bridgehead atoms. The summed E-state index contributed by atoms with van der Waals surface area (Å²) in [7, 11) is 2.09. The topological polar surface area (TPSA) is 38.7 Å². The van der Waals surface area contributed by atoms with Crippen LogP contribution in [0.4, 0.5) is 4.39 Å². The van der Waals surface area contributed by atoms with Gasteiger partial charge in [-0.25, -0.2) is 4.39 Å². The van der Waals surface area contributed by atoms with Crippen LogP contribution in [0.3, 0.4) is 0 Å². The summed E-state index contributed by atoms with van der Waals surface area (Å²) in [5.74, 6) is -0.215. The Morgan fingerprint density at radius 1 is 1.37 bits per heavy atom. The number of nitrogens with zero attached hydrogens (tertiary/aromatic N) is 1. The van der Waals surface area contributed by atoms with Crippen LogP contribution in [0.15, 0.2) is 24.3 Å². The van der Waals surface area contributed by atoms with Crippen LogP contribution < -0.4 is 4.74 Å². The molecule has 19 heavy (non-hydrogen) atoms. The van der Waals surface area contributed by atoms with E-state index in [1.165, 1.54) is 6.07 Å². The monoisotopic (exact) mass is 270 g/mol. The van der Waals surface area contributed by atoms with E-state index in [1.807, 2.05) is 0 Å². The van der Waals surface area contributed by atoms with Crippen molar-refractivity contribution in [3.05, 3.63) is 30.1 Å². The number of benzene rings is 1. The molecule has 1 fully saturated rings. The molecule has 0 aromatic heterocycles. The van der Waals surface area contributed by atoms with Gasteiger partial charge in [0.2, 0.25) is 0 Å². The molecule has 1 saturated heterocycles. The van der Waals surface area contributed by atoms with Crippen LogP contribution in [0.25, 0.3) is 0 Å². The summed E-state index contributed by atoms with van der Waals surface area (Å²) in [5, 5.41) is 10.0. The van der Waals surface area contributed by atoms with E-state index >= 15 is 0 Å². The molecule has 1 heterocycles. The summed E-state index contributed by atoms with van der Waals surface area (Å²) < 4.78 is 24.7. The Hall–Kier alpha value is -1.17. The molecule has 1 unspecified atom stereocenters. The lowest BCUT2D eigenvalue weighted by atomic mass is 10.2. The summed E-state index contributed by atoms with van der Waals surface area (Å²) in [6.07, 6.45) is -0.609. The number of ether oxygens (including phenoxy) is 2. The molecule has 0 aliphatic carbocycles. The quantitative estimate of drug-likeness (QED) is 0.813. The minimum atomic E-state index is -0.609. The first-order valence-electron chi connectivity index (χ1n) is 6.56. The highest BCUT2D eigenvalue weighted by Crippen LogP contribution is 2.16. The summed E-state index contributed by atoms with van der Waals surface area (Å²) >= 11 is 0. The number of hydrogen-bond acceptors (Lipinski definition) is 3. The maximum absolute atomic E-state index is 13.3. The fourth-order valence-electron chi connectivity index (χ4n) is 2.28. The summed E-state index contributed by atoms with van der Waals surface area (Å²) in [4.78, 5) is 0. The van der Waals surface area contributed by atoms with E-state index in [9.17, 15) is 9.50 Å². The second kappa shape index (κ2) is 6.32. The van der Waals surface area contributed by atoms with Gasteiger partial charge < -0.3 is 19.1 Å². The highest BCUT2D eigenvalue weighted by atomic mass is 19.1. The second-order valence-electron chi connectivity index (χ2n) is 5.26. The van der Waals surface area contributed by atoms with E-state index in [0.29, 0.717) is 6.54 Å². The number of quaternary nitrogens is 1. The van der Waals surface area contributed by atoms with Crippen molar-refractivity contribution >= 4 is 0 Å². The second-order valence-corrected chi connectivity index (χ2v) is 5.26. The molecule has 1 aromatic carbocycles. The van der Waals surface area contributed by atoms with Gasteiger partial charge in [0.05, 0.1) is 20.3 Å². The molecular formula is C14H21FNO3+. The number of halogens is 1. The van der Waals surface area contributed by atoms with Gasteiger partial charge in [0.1, 0.15) is 32.3 Å². The molecule has 2 rings (SSSR count). The Balaban J connectivity index is 1.81. The van der Waals surface area contributed by atoms with Crippen molar-refractivity contribution in [2.75, 3.05) is 46.5 Å². The Morgan fingerprint density at radius 2 is 2.05 bits per heavy atom. The van der Waals surface area contributed by atoms with E-state index in [-0.39, 0.29) is 12.4 Å². The van der Waals surface area contributed by atoms with Gasteiger partial charge in [-0.3, -0.25) is 0 Å². The molecular weight excluding hydrogens is 249 g/mol. The fraction of sp³-hybridized carbons (Fsp3) is 0.571. The molecule has 5 heteroatoms. The maximum Gasteiger partial charge on any atom is 0.165 e. The Morgan fingerprint density at radius 3 is 2.74 bits per heavy atom. The average molecular weight is 270 g/mol. The van der Waals surface area contributed by atoms with E-state index < -0.39 is 11.9 Å². The number of aliphatic hydroxyl groups is 1. The van der Waals surface area contributed by atoms with Crippen molar-refractivity contribution in [1.29, 1.82) is 0 Å². The number of aliphatic hydroxyl groups excluding tert-OH is 1. The van der Waals surface area contributed by atoms with Gasteiger partial charge in [-0.1, -0.05) is 12.1 Å². The highest BCUT2D eigenvalue weighted by molar-refractivity contribution is 5.23. The van der Waals surface area contributed by atoms with Crippen LogP contribution in [-0.4, -0.2) is 62.2 Å². The largest absolute Gasteiger partial charge is 0.488 e. The fourth-order valence-corrected chi connectivity index (χ4v) is 2.28. The molecule has 0 radical (unpaired) electrons. The van der Waals surface area contributed by atoms with E-state index in [4.69, 9.17) is 9.47 Å². The Labute approximate surface area is 113 Å². The van der Waals surface area contributed by atoms with E-state index in [0.717, 1.165) is 30.8 Å². The number of para-hydroxylation sites is 1. The predicted octanol–water partition coefficient (Wildman–Crippen LogP) is 1.04. The first-order valence-corrected chi connectivity index (χ1v) is 6.56. The minimum absolute atomic E-state index is 0.107. The van der Waals surface area contributed by atoms with Gasteiger partial charge >= 0.3 is 0 Å². The molecule has 0 spiro atoms. The number of rotatable bonds is 5. The first-order chi connectivity index (χ1) is 9.09. The minimum Gasteiger partial charge on any atom is -0.488 e. The normalized spacial score (nSPS) is 19.9. The van der Waals surface area contributed by atoms with Gasteiger partial charge in [0, 0.05) is 0 Å². The number of likely N-dealkylation sites (N-methyl/N-ethyl adjacent to an activating group) is 1. The molecule has 4 nitrogen and oxygen atoms in total. The van der Waals surface area contributed by atoms with Gasteiger partial charge in [-0.2, -0.15) is 0 Å². The molecule has 1 aliphatic heterocycles. The van der Waals surface area contributed by atoms with Crippen LogP contribution in [0.1, 0.15) is 0 Å². The summed E-state index contributed by atoms with van der Waals surface area (Å²) in [5.41, 5.74) is 0. The summed E-state index contributed by atoms with van der Waals surface area (Å²) in [6, 6.07) is 6.23. The third-order valence-electron chi connectivity index (χ3n) is 3.47. The van der Waals surface area contributed by atoms with Crippen LogP contribution in [-0.2, 0) is 4.74 Å². The van der Waals surface area contributed by atoms with Crippen molar-refractivity contribution in [1.82, 2.24) is 0 Å². The van der Waals surface area contributed by atoms with Crippen molar-refractivity contribution < 1.29 is 23.5 Å². The van der Waals surface area contributed by atoms with Crippen LogP contribution in [0, 0.1) is 5.82 Å². The standard InChI is InChI=1S/C14H21FNO3/c1-16(6-8-18-9-7-16)10-12(17)11-19-14-5-3-2-4-13(14)15/h2-5,12,17H,6-11H2,1H3/q+1. The zero-order chi connectivity index (χ0) is 13.7. The van der Waals surface area contributed by atoms with Crippen molar-refractivity contribution in [3.63, 3.8) is 0 Å². The third-order valence-corrected chi connectivity index (χ3v) is 3.47. The van der Waals surface area contributed by atoms with Crippen molar-refractivity contribution in [2.45, 2.75) is 6.10 Å². The SMILES string of the molecule is C[N+]1(CC(O)COc2ccccc2F)CCOCC1. The van der Waals surface area contributed by atoms with Crippen molar-refractivity contribution in [2.24, 2.45) is 0 Å². The molecule has 1 atom stereocenters. The molecule has 106 valence electrons. The van der Waals surface area contributed by atoms with Crippen molar-refractivity contribution in [3.8, 4) is 5.75 Å². The number of morpholine rings is 1. The van der Waals surface area contributed by atoms with Gasteiger partial charge in [-0.05, 0) is 12.1 Å². The molecule has 1 aliphatic rings. The zero-order valence-corrected chi connectivity index (χ0v) is 11.2. The average Bonchev–Trinajstić information content (AvgIpc) is 2.38. The molecule has 1 N–H and O–H groups in total. The lowest BCUT2D eigenvalue weighted by Gasteiger charge is -2.38. The van der Waals surface area contributed by atoms with Gasteiger partial charge in [-0.15, -0.1) is 0 Å². The van der Waals surface area contributed by atoms with Gasteiger partial charge in [0.25, 0.3) is 0 Å². The number of hydrogen-bond donors (Lipinski definition) is 1. The lowest BCUT2D eigenvalue weighted by Crippen LogP contribution is -2.56. The highest BCUT2D eigenvalue weighted by Gasteiger charge is 2.28. The Kier molecular flexibility index (Phi) is 4.74. The molecule has 1 aromatic rings. The maximum atomic E-state index is 13.3. The molecule has 0 saturated carbocycles. The van der Waals surface area contributed by atoms with E-state index in [1.54, 1.807) is 18.2 Å². The Bertz CT molecular complexity index is 407. The zero-order valence-electron chi connectivity index (χ0n) is 11.2. The predicted molar refractivity (Wildman–Crippen MR) is 69.5 cm³/mol. The smallest absolute Gasteiger partial charge is 0.165 e. The van der Waals surface area contributed by atoms with E-state index in [2.05, 4.69) is 7.05 Å². The summed E-state index contributed by atoms with van der Waals surface area (Å²) in [6.45, 7) is 3.91. The third kappa shape index (κ3) is 4.16. The lowest BCUT2D eigenvalue weighted by molar-refractivity contribution is -0.919. The van der Waals surface area contributed by atoms with Crippen LogP contribution in [0.2, 0.25) is 0 Å². The van der Waals surface area contributed by atoms with Crippen LogP contribution >= 0.6 is 0 Å². The first kappa shape index (κ1) is 14.2. The van der Waals surface area contributed by atoms with Crippen LogP contribution in [0.5, 0.6) is 5.75 Å². The molecule has 0 amide bonds. The van der Waals surface area contributed by atoms with Gasteiger partial charge in [0.15, 0.2) is 11.6 Å².